The van der Waals surface area contributed by atoms with Gasteiger partial charge in [0.1, 0.15) is 0 Å². The lowest BCUT2D eigenvalue weighted by molar-refractivity contribution is -0.255. The standard InChI is InChI=1S/C12H11ClN2O2/c1-6-11(7(2)15-14-6)8-3-4-10(13)9(5-8)12(16)17/h3-5H,1-2H3,(H,14,15)(H,16,17)/p-1. The van der Waals surface area contributed by atoms with Gasteiger partial charge in [0.2, 0.25) is 0 Å². The maximum absolute atomic E-state index is 10.9. The van der Waals surface area contributed by atoms with Crippen molar-refractivity contribution in [1.82, 2.24) is 10.2 Å². The third kappa shape index (κ3) is 2.03. The summed E-state index contributed by atoms with van der Waals surface area (Å²) in [5.74, 6) is -1.28. The first-order chi connectivity index (χ1) is 8.00. The third-order valence-electron chi connectivity index (χ3n) is 2.60. The molecule has 2 rings (SSSR count). The number of benzene rings is 1. The molecule has 0 spiro atoms. The van der Waals surface area contributed by atoms with Gasteiger partial charge in [0.25, 0.3) is 0 Å². The van der Waals surface area contributed by atoms with Crippen molar-refractivity contribution in [3.8, 4) is 11.1 Å². The van der Waals surface area contributed by atoms with Gasteiger partial charge in [-0.25, -0.2) is 0 Å². The Bertz CT molecular complexity index is 571. The van der Waals surface area contributed by atoms with Gasteiger partial charge in [-0.2, -0.15) is 5.10 Å². The van der Waals surface area contributed by atoms with Crippen molar-refractivity contribution in [2.45, 2.75) is 13.8 Å². The molecule has 0 radical (unpaired) electrons. The second kappa shape index (κ2) is 4.22. The number of carboxylic acid groups (broad SMARTS) is 1. The van der Waals surface area contributed by atoms with Crippen LogP contribution in [0.5, 0.6) is 0 Å². The van der Waals surface area contributed by atoms with Crippen LogP contribution in [0.3, 0.4) is 0 Å². The van der Waals surface area contributed by atoms with E-state index in [0.717, 1.165) is 22.5 Å². The van der Waals surface area contributed by atoms with Crippen molar-refractivity contribution in [3.05, 3.63) is 40.2 Å². The van der Waals surface area contributed by atoms with E-state index < -0.39 is 5.97 Å². The van der Waals surface area contributed by atoms with E-state index in [1.165, 1.54) is 6.07 Å². The molecule has 0 fully saturated rings. The molecule has 0 saturated carbocycles. The Morgan fingerprint density at radius 2 is 2.12 bits per heavy atom. The predicted molar refractivity (Wildman–Crippen MR) is 62.8 cm³/mol. The molecule has 0 aliphatic heterocycles. The van der Waals surface area contributed by atoms with E-state index in [-0.39, 0.29) is 10.6 Å². The molecule has 0 atom stereocenters. The fourth-order valence-corrected chi connectivity index (χ4v) is 2.01. The summed E-state index contributed by atoms with van der Waals surface area (Å²) < 4.78 is 0. The minimum atomic E-state index is -1.28. The summed E-state index contributed by atoms with van der Waals surface area (Å²) in [4.78, 5) is 10.9. The number of aromatic amines is 1. The first-order valence-electron chi connectivity index (χ1n) is 5.03. The largest absolute Gasteiger partial charge is 0.545 e. The van der Waals surface area contributed by atoms with Crippen LogP contribution >= 0.6 is 11.6 Å². The van der Waals surface area contributed by atoms with Gasteiger partial charge in [-0.1, -0.05) is 17.7 Å². The minimum Gasteiger partial charge on any atom is -0.545 e. The highest BCUT2D eigenvalue weighted by molar-refractivity contribution is 6.33. The third-order valence-corrected chi connectivity index (χ3v) is 2.93. The number of carboxylic acids is 1. The molecule has 5 heteroatoms. The molecule has 1 aromatic carbocycles. The van der Waals surface area contributed by atoms with E-state index in [1.807, 2.05) is 13.8 Å². The Morgan fingerprint density at radius 1 is 1.41 bits per heavy atom. The first-order valence-corrected chi connectivity index (χ1v) is 5.41. The molecule has 0 aliphatic carbocycles. The first kappa shape index (κ1) is 11.7. The number of carbonyl (C=O) groups is 1. The summed E-state index contributed by atoms with van der Waals surface area (Å²) >= 11 is 5.79. The van der Waals surface area contributed by atoms with Crippen molar-refractivity contribution in [2.24, 2.45) is 0 Å². The summed E-state index contributed by atoms with van der Waals surface area (Å²) in [6, 6.07) is 4.82. The van der Waals surface area contributed by atoms with Crippen LogP contribution in [0.2, 0.25) is 5.02 Å². The van der Waals surface area contributed by atoms with Crippen molar-refractivity contribution in [3.63, 3.8) is 0 Å². The van der Waals surface area contributed by atoms with Crippen LogP contribution in [-0.2, 0) is 0 Å². The van der Waals surface area contributed by atoms with Gasteiger partial charge in [-0.3, -0.25) is 5.10 Å². The molecule has 1 N–H and O–H groups in total. The Kier molecular flexibility index (Phi) is 2.90. The Hall–Kier alpha value is -1.81. The zero-order valence-corrected chi connectivity index (χ0v) is 10.1. The number of aromatic nitrogens is 2. The second-order valence-electron chi connectivity index (χ2n) is 3.79. The molecule has 0 amide bonds. The summed E-state index contributed by atoms with van der Waals surface area (Å²) in [5.41, 5.74) is 3.34. The molecule has 2 aromatic rings. The van der Waals surface area contributed by atoms with Crippen LogP contribution in [0.25, 0.3) is 11.1 Å². The highest BCUT2D eigenvalue weighted by Crippen LogP contribution is 2.28. The van der Waals surface area contributed by atoms with Crippen LogP contribution in [0.15, 0.2) is 18.2 Å². The van der Waals surface area contributed by atoms with Crippen LogP contribution in [0.4, 0.5) is 0 Å². The second-order valence-corrected chi connectivity index (χ2v) is 4.20. The van der Waals surface area contributed by atoms with Gasteiger partial charge in [-0.05, 0) is 31.5 Å². The summed E-state index contributed by atoms with van der Waals surface area (Å²) in [6.45, 7) is 3.73. The Labute approximate surface area is 103 Å². The lowest BCUT2D eigenvalue weighted by atomic mass is 10.0. The van der Waals surface area contributed by atoms with Crippen LogP contribution in [0, 0.1) is 13.8 Å². The highest BCUT2D eigenvalue weighted by Gasteiger charge is 2.11. The maximum Gasteiger partial charge on any atom is 0.0730 e. The van der Waals surface area contributed by atoms with Crippen molar-refractivity contribution in [1.29, 1.82) is 0 Å². The summed E-state index contributed by atoms with van der Waals surface area (Å²) in [7, 11) is 0. The van der Waals surface area contributed by atoms with Crippen LogP contribution in [0.1, 0.15) is 21.7 Å². The molecule has 0 bridgehead atoms. The van der Waals surface area contributed by atoms with Crippen molar-refractivity contribution in [2.75, 3.05) is 0 Å². The zero-order chi connectivity index (χ0) is 12.6. The molecule has 17 heavy (non-hydrogen) atoms. The molecular weight excluding hydrogens is 240 g/mol. The van der Waals surface area contributed by atoms with Crippen LogP contribution < -0.4 is 5.11 Å². The number of rotatable bonds is 2. The lowest BCUT2D eigenvalue weighted by Gasteiger charge is -2.08. The minimum absolute atomic E-state index is 0.0100. The molecule has 4 nitrogen and oxygen atoms in total. The number of carbonyl (C=O) groups excluding carboxylic acids is 1. The highest BCUT2D eigenvalue weighted by atomic mass is 35.5. The fraction of sp³-hybridized carbons (Fsp3) is 0.167. The number of hydrogen-bond acceptors (Lipinski definition) is 3. The molecule has 0 unspecified atom stereocenters. The lowest BCUT2D eigenvalue weighted by Crippen LogP contribution is -2.22. The van der Waals surface area contributed by atoms with E-state index in [0.29, 0.717) is 0 Å². The number of aromatic carboxylic acids is 1. The number of nitrogens with zero attached hydrogens (tertiary/aromatic N) is 1. The average Bonchev–Trinajstić information content (AvgIpc) is 2.59. The molecule has 1 aromatic heterocycles. The monoisotopic (exact) mass is 249 g/mol. The fourth-order valence-electron chi connectivity index (χ4n) is 1.81. The molecule has 0 aliphatic rings. The van der Waals surface area contributed by atoms with E-state index in [1.54, 1.807) is 12.1 Å². The number of aryl methyl sites for hydroxylation is 2. The van der Waals surface area contributed by atoms with E-state index in [2.05, 4.69) is 10.2 Å². The summed E-state index contributed by atoms with van der Waals surface area (Å²) in [5, 5.41) is 18.0. The van der Waals surface area contributed by atoms with Gasteiger partial charge in [0.05, 0.1) is 11.7 Å². The topological polar surface area (TPSA) is 68.8 Å². The average molecular weight is 250 g/mol. The predicted octanol–water partition coefficient (Wildman–Crippen LogP) is 1.71. The van der Waals surface area contributed by atoms with E-state index in [9.17, 15) is 9.90 Å². The van der Waals surface area contributed by atoms with Gasteiger partial charge < -0.3 is 9.90 Å². The maximum atomic E-state index is 10.9. The Morgan fingerprint density at radius 3 is 2.65 bits per heavy atom. The normalized spacial score (nSPS) is 10.5. The van der Waals surface area contributed by atoms with Gasteiger partial charge >= 0.3 is 0 Å². The number of H-pyrrole nitrogens is 1. The number of halogens is 1. The number of nitrogens with one attached hydrogen (secondary N) is 1. The zero-order valence-electron chi connectivity index (χ0n) is 9.37. The van der Waals surface area contributed by atoms with E-state index in [4.69, 9.17) is 11.6 Å². The van der Waals surface area contributed by atoms with Gasteiger partial charge in [-0.15, -0.1) is 0 Å². The van der Waals surface area contributed by atoms with Gasteiger partial charge in [0.15, 0.2) is 0 Å². The quantitative estimate of drug-likeness (QED) is 0.881. The van der Waals surface area contributed by atoms with Crippen molar-refractivity contribution < 1.29 is 9.90 Å². The Balaban J connectivity index is 2.62. The smallest absolute Gasteiger partial charge is 0.0730 e. The van der Waals surface area contributed by atoms with E-state index >= 15 is 0 Å². The number of hydrogen-bond donors (Lipinski definition) is 1. The van der Waals surface area contributed by atoms with Gasteiger partial charge in [0, 0.05) is 21.8 Å². The molecule has 0 saturated heterocycles. The molecule has 1 heterocycles. The van der Waals surface area contributed by atoms with Crippen LogP contribution in [-0.4, -0.2) is 16.2 Å². The summed E-state index contributed by atoms with van der Waals surface area (Å²) in [6.07, 6.45) is 0. The van der Waals surface area contributed by atoms with Crippen molar-refractivity contribution >= 4 is 17.6 Å². The molecular formula is C12H10ClN2O2-. The molecule has 88 valence electrons. The SMILES string of the molecule is Cc1n[nH]c(C)c1-c1ccc(Cl)c(C(=O)[O-])c1.